The van der Waals surface area contributed by atoms with Crippen molar-refractivity contribution in [1.29, 1.82) is 0 Å². The van der Waals surface area contributed by atoms with Gasteiger partial charge in [0.25, 0.3) is 0 Å². The van der Waals surface area contributed by atoms with Crippen LogP contribution in [-0.4, -0.2) is 0 Å². The molecular weight excluding hydrogens is 298 g/mol. The Bertz CT molecular complexity index is 1020. The number of rotatable bonds is 0. The normalized spacial score (nSPS) is 10.7. The van der Waals surface area contributed by atoms with Gasteiger partial charge in [-0.15, -0.1) is 0 Å². The number of hydrogen-bond donors (Lipinski definition) is 1. The zero-order valence-corrected chi connectivity index (χ0v) is 13.0. The zero-order valence-electron chi connectivity index (χ0n) is 12.3. The topological polar surface area (TPSA) is 56.2 Å². The molecule has 22 heavy (non-hydrogen) atoms. The molecule has 0 fully saturated rings. The molecule has 0 spiro atoms. The molecule has 2 aromatic carbocycles. The number of halogens is 1. The number of nitrogens with two attached hydrogens (primary N) is 1. The van der Waals surface area contributed by atoms with Gasteiger partial charge in [-0.25, -0.2) is 4.79 Å². The zero-order chi connectivity index (χ0) is 15.9. The average molecular weight is 312 g/mol. The van der Waals surface area contributed by atoms with Crippen LogP contribution in [0.2, 0.25) is 5.02 Å². The second-order valence-electron chi connectivity index (χ2n) is 5.13. The predicted molar refractivity (Wildman–Crippen MR) is 91.3 cm³/mol. The molecule has 1 aromatic heterocycles. The number of anilines is 1. The minimum atomic E-state index is -0.415. The minimum Gasteiger partial charge on any atom is -0.422 e. The van der Waals surface area contributed by atoms with Gasteiger partial charge in [0.05, 0.1) is 10.4 Å². The van der Waals surface area contributed by atoms with E-state index >= 15 is 0 Å². The van der Waals surface area contributed by atoms with E-state index in [4.69, 9.17) is 21.8 Å². The van der Waals surface area contributed by atoms with E-state index in [0.29, 0.717) is 27.2 Å². The summed E-state index contributed by atoms with van der Waals surface area (Å²) in [4.78, 5) is 12.2. The van der Waals surface area contributed by atoms with Gasteiger partial charge >= 0.3 is 5.63 Å². The molecule has 0 bridgehead atoms. The van der Waals surface area contributed by atoms with Gasteiger partial charge < -0.3 is 10.2 Å². The fourth-order valence-corrected chi connectivity index (χ4v) is 2.61. The first kappa shape index (κ1) is 14.5. The summed E-state index contributed by atoms with van der Waals surface area (Å²) < 4.78 is 5.38. The molecule has 3 nitrogen and oxygen atoms in total. The van der Waals surface area contributed by atoms with Crippen molar-refractivity contribution in [2.24, 2.45) is 0 Å². The summed E-state index contributed by atoms with van der Waals surface area (Å²) in [6, 6.07) is 7.04. The van der Waals surface area contributed by atoms with E-state index < -0.39 is 5.63 Å². The highest BCUT2D eigenvalue weighted by molar-refractivity contribution is 6.33. The molecule has 110 valence electrons. The maximum Gasteiger partial charge on any atom is 0.344 e. The van der Waals surface area contributed by atoms with Gasteiger partial charge in [-0.3, -0.25) is 0 Å². The van der Waals surface area contributed by atoms with Crippen molar-refractivity contribution in [3.05, 3.63) is 50.8 Å². The maximum atomic E-state index is 12.2. The van der Waals surface area contributed by atoms with Crippen molar-refractivity contribution < 1.29 is 4.42 Å². The van der Waals surface area contributed by atoms with E-state index in [9.17, 15) is 4.79 Å². The molecule has 3 aromatic rings. The Hall–Kier alpha value is -2.44. The van der Waals surface area contributed by atoms with Crippen LogP contribution in [0.3, 0.4) is 0 Å². The summed E-state index contributed by atoms with van der Waals surface area (Å²) in [6.45, 7) is 3.87. The monoisotopic (exact) mass is 311 g/mol. The van der Waals surface area contributed by atoms with E-state index in [1.54, 1.807) is 18.2 Å². The largest absolute Gasteiger partial charge is 0.422 e. The standard InChI is InChI=1S/C18H14ClNO2/c1-3-4-5-11-7-14-12(8-15(11)19)13-6-10(2)16(20)9-17(13)22-18(14)21/h6-9H,3,20H2,1-2H3. The summed E-state index contributed by atoms with van der Waals surface area (Å²) in [7, 11) is 0. The third-order valence-electron chi connectivity index (χ3n) is 3.59. The fourth-order valence-electron chi connectivity index (χ4n) is 2.40. The SMILES string of the molecule is CCC#Cc1cc2c(=O)oc3cc(N)c(C)cc3c2cc1Cl. The molecule has 0 atom stereocenters. The number of hydrogen-bond acceptors (Lipinski definition) is 3. The summed E-state index contributed by atoms with van der Waals surface area (Å²) in [5.41, 5.74) is 8.08. The first-order valence-electron chi connectivity index (χ1n) is 6.96. The van der Waals surface area contributed by atoms with Crippen LogP contribution in [0.4, 0.5) is 5.69 Å². The van der Waals surface area contributed by atoms with Crippen LogP contribution in [0.5, 0.6) is 0 Å². The molecule has 0 saturated heterocycles. The highest BCUT2D eigenvalue weighted by Crippen LogP contribution is 2.30. The van der Waals surface area contributed by atoms with Crippen molar-refractivity contribution in [1.82, 2.24) is 0 Å². The van der Waals surface area contributed by atoms with E-state index in [1.807, 2.05) is 19.9 Å². The summed E-state index contributed by atoms with van der Waals surface area (Å²) >= 11 is 6.30. The van der Waals surface area contributed by atoms with Gasteiger partial charge in [0.1, 0.15) is 5.58 Å². The van der Waals surface area contributed by atoms with E-state index in [-0.39, 0.29) is 0 Å². The third kappa shape index (κ3) is 2.32. The minimum absolute atomic E-state index is 0.415. The summed E-state index contributed by atoms with van der Waals surface area (Å²) in [6.07, 6.45) is 0.721. The van der Waals surface area contributed by atoms with E-state index in [1.165, 1.54) is 0 Å². The summed E-state index contributed by atoms with van der Waals surface area (Å²) in [5.74, 6) is 5.93. The second kappa shape index (κ2) is 5.40. The van der Waals surface area contributed by atoms with Crippen molar-refractivity contribution >= 4 is 39.0 Å². The molecular formula is C18H14ClNO2. The first-order valence-corrected chi connectivity index (χ1v) is 7.34. The highest BCUT2D eigenvalue weighted by atomic mass is 35.5. The quantitative estimate of drug-likeness (QED) is 0.292. The molecule has 4 heteroatoms. The van der Waals surface area contributed by atoms with Crippen molar-refractivity contribution in [2.75, 3.05) is 5.73 Å². The molecule has 2 N–H and O–H groups in total. The number of benzene rings is 2. The van der Waals surface area contributed by atoms with E-state index in [0.717, 1.165) is 22.8 Å². The van der Waals surface area contributed by atoms with Gasteiger partial charge in [-0.2, -0.15) is 0 Å². The van der Waals surface area contributed by atoms with Crippen molar-refractivity contribution in [3.63, 3.8) is 0 Å². The Balaban J connectivity index is 2.46. The van der Waals surface area contributed by atoms with Gasteiger partial charge in [0.15, 0.2) is 0 Å². The van der Waals surface area contributed by atoms with Gasteiger partial charge in [-0.05, 0) is 30.7 Å². The Morgan fingerprint density at radius 1 is 1.18 bits per heavy atom. The Labute approximate surface area is 132 Å². The van der Waals surface area contributed by atoms with Crippen LogP contribution in [0.1, 0.15) is 24.5 Å². The van der Waals surface area contributed by atoms with Crippen molar-refractivity contribution in [2.45, 2.75) is 20.3 Å². The maximum absolute atomic E-state index is 12.2. The lowest BCUT2D eigenvalue weighted by atomic mass is 10.0. The molecule has 1 heterocycles. The van der Waals surface area contributed by atoms with Crippen LogP contribution in [0.15, 0.2) is 33.5 Å². The molecule has 0 aliphatic heterocycles. The third-order valence-corrected chi connectivity index (χ3v) is 3.90. The number of nitrogen functional groups attached to an aromatic ring is 1. The van der Waals surface area contributed by atoms with Crippen LogP contribution in [0, 0.1) is 18.8 Å². The Morgan fingerprint density at radius 3 is 2.68 bits per heavy atom. The van der Waals surface area contributed by atoms with Gasteiger partial charge in [0, 0.05) is 34.5 Å². The molecule has 0 aliphatic carbocycles. The van der Waals surface area contributed by atoms with E-state index in [2.05, 4.69) is 11.8 Å². The lowest BCUT2D eigenvalue weighted by Crippen LogP contribution is -2.01. The van der Waals surface area contributed by atoms with Crippen LogP contribution in [0.25, 0.3) is 21.7 Å². The first-order chi connectivity index (χ1) is 10.5. The van der Waals surface area contributed by atoms with Crippen LogP contribution < -0.4 is 11.4 Å². The average Bonchev–Trinajstić information content (AvgIpc) is 2.48. The van der Waals surface area contributed by atoms with Gasteiger partial charge in [0.2, 0.25) is 0 Å². The van der Waals surface area contributed by atoms with Crippen molar-refractivity contribution in [3.8, 4) is 11.8 Å². The van der Waals surface area contributed by atoms with Gasteiger partial charge in [-0.1, -0.05) is 30.4 Å². The summed E-state index contributed by atoms with van der Waals surface area (Å²) in [5, 5.41) is 2.57. The molecule has 0 aliphatic rings. The number of aryl methyl sites for hydroxylation is 1. The molecule has 0 unspecified atom stereocenters. The van der Waals surface area contributed by atoms with Crippen LogP contribution >= 0.6 is 11.6 Å². The molecule has 0 radical (unpaired) electrons. The predicted octanol–water partition coefficient (Wildman–Crippen LogP) is 4.25. The fraction of sp³-hybridized carbons (Fsp3) is 0.167. The highest BCUT2D eigenvalue weighted by Gasteiger charge is 2.12. The lowest BCUT2D eigenvalue weighted by molar-refractivity contribution is 0.570. The molecule has 3 rings (SSSR count). The van der Waals surface area contributed by atoms with Crippen LogP contribution in [-0.2, 0) is 0 Å². The smallest absolute Gasteiger partial charge is 0.344 e. The molecule has 0 amide bonds. The second-order valence-corrected chi connectivity index (χ2v) is 5.53. The Morgan fingerprint density at radius 2 is 1.95 bits per heavy atom. The molecule has 0 saturated carbocycles. The number of fused-ring (bicyclic) bond motifs is 3. The Kier molecular flexibility index (Phi) is 3.56. The lowest BCUT2D eigenvalue weighted by Gasteiger charge is -2.07.